The predicted octanol–water partition coefficient (Wildman–Crippen LogP) is 4.12. The number of amides is 1. The molecule has 1 aromatic heterocycles. The fraction of sp³-hybridized carbons (Fsp3) is 0.0870. The van der Waals surface area contributed by atoms with Crippen LogP contribution in [0.3, 0.4) is 0 Å². The van der Waals surface area contributed by atoms with E-state index in [0.29, 0.717) is 29.4 Å². The molecular formula is C23H19N3O4. The monoisotopic (exact) mass is 401 g/mol. The predicted molar refractivity (Wildman–Crippen MR) is 113 cm³/mol. The van der Waals surface area contributed by atoms with Crippen molar-refractivity contribution in [1.29, 1.82) is 5.26 Å². The van der Waals surface area contributed by atoms with Gasteiger partial charge in [-0.2, -0.15) is 5.26 Å². The third kappa shape index (κ3) is 4.75. The second-order valence-electron chi connectivity index (χ2n) is 6.24. The highest BCUT2D eigenvalue weighted by Crippen LogP contribution is 2.20. The van der Waals surface area contributed by atoms with Gasteiger partial charge < -0.3 is 19.7 Å². The van der Waals surface area contributed by atoms with Crippen molar-refractivity contribution in [3.8, 4) is 17.5 Å². The Morgan fingerprint density at radius 3 is 2.70 bits per heavy atom. The lowest BCUT2D eigenvalue weighted by atomic mass is 10.2. The molecule has 1 amide bonds. The summed E-state index contributed by atoms with van der Waals surface area (Å²) < 4.78 is 7.12. The summed E-state index contributed by atoms with van der Waals surface area (Å²) in [6, 6.07) is 18.7. The van der Waals surface area contributed by atoms with Crippen LogP contribution >= 0.6 is 0 Å². The summed E-state index contributed by atoms with van der Waals surface area (Å²) in [6.45, 7) is 2.36. The van der Waals surface area contributed by atoms with Crippen LogP contribution < -0.4 is 10.1 Å². The Kier molecular flexibility index (Phi) is 6.30. The first-order valence-electron chi connectivity index (χ1n) is 9.19. The van der Waals surface area contributed by atoms with Crippen molar-refractivity contribution in [1.82, 2.24) is 4.57 Å². The summed E-state index contributed by atoms with van der Waals surface area (Å²) >= 11 is 0. The zero-order valence-corrected chi connectivity index (χ0v) is 16.2. The number of nitriles is 1. The average molecular weight is 401 g/mol. The second kappa shape index (κ2) is 9.26. The summed E-state index contributed by atoms with van der Waals surface area (Å²) in [5, 5.41) is 21.4. The molecule has 3 rings (SSSR count). The smallest absolute Gasteiger partial charge is 0.335 e. The molecule has 2 N–H and O–H groups in total. The minimum absolute atomic E-state index is 0.0915. The highest BCUT2D eigenvalue weighted by molar-refractivity contribution is 6.09. The number of nitrogens with zero attached hydrogens (tertiary/aromatic N) is 2. The van der Waals surface area contributed by atoms with Gasteiger partial charge in [0.1, 0.15) is 17.4 Å². The van der Waals surface area contributed by atoms with E-state index in [1.807, 2.05) is 13.0 Å². The molecule has 30 heavy (non-hydrogen) atoms. The van der Waals surface area contributed by atoms with E-state index in [0.717, 1.165) is 0 Å². The van der Waals surface area contributed by atoms with Crippen LogP contribution in [0.2, 0.25) is 0 Å². The van der Waals surface area contributed by atoms with Gasteiger partial charge in [0.2, 0.25) is 0 Å². The van der Waals surface area contributed by atoms with Crippen molar-refractivity contribution in [2.45, 2.75) is 6.92 Å². The van der Waals surface area contributed by atoms with E-state index in [9.17, 15) is 20.0 Å². The Labute approximate surface area is 173 Å². The first kappa shape index (κ1) is 20.4. The number of benzene rings is 2. The van der Waals surface area contributed by atoms with Crippen LogP contribution in [-0.2, 0) is 4.79 Å². The van der Waals surface area contributed by atoms with E-state index >= 15 is 0 Å². The molecule has 0 spiro atoms. The molecule has 7 nitrogen and oxygen atoms in total. The Morgan fingerprint density at radius 1 is 1.17 bits per heavy atom. The SMILES string of the molecule is CCOc1cccc(NC(=O)C(C#N)=Cc2cccn2-c2cccc(C(=O)O)c2)c1. The summed E-state index contributed by atoms with van der Waals surface area (Å²) in [5.41, 5.74) is 1.73. The third-order valence-electron chi connectivity index (χ3n) is 4.21. The fourth-order valence-electron chi connectivity index (χ4n) is 2.86. The summed E-state index contributed by atoms with van der Waals surface area (Å²) in [7, 11) is 0. The van der Waals surface area contributed by atoms with Crippen LogP contribution in [0.5, 0.6) is 5.75 Å². The van der Waals surface area contributed by atoms with Crippen LogP contribution in [0.25, 0.3) is 11.8 Å². The minimum Gasteiger partial charge on any atom is -0.494 e. The maximum atomic E-state index is 12.6. The van der Waals surface area contributed by atoms with Gasteiger partial charge in [0, 0.05) is 29.3 Å². The number of carbonyl (C=O) groups is 2. The normalized spacial score (nSPS) is 10.9. The first-order chi connectivity index (χ1) is 14.5. The number of carboxylic acids is 1. The number of rotatable bonds is 7. The molecular weight excluding hydrogens is 382 g/mol. The van der Waals surface area contributed by atoms with Crippen LogP contribution in [0.1, 0.15) is 23.0 Å². The number of carbonyl (C=O) groups excluding carboxylic acids is 1. The Hall–Kier alpha value is -4.31. The second-order valence-corrected chi connectivity index (χ2v) is 6.24. The number of nitrogens with one attached hydrogen (secondary N) is 1. The number of ether oxygens (including phenoxy) is 1. The van der Waals surface area contributed by atoms with Gasteiger partial charge >= 0.3 is 5.97 Å². The number of aromatic carboxylic acids is 1. The van der Waals surface area contributed by atoms with Crippen LogP contribution in [-0.4, -0.2) is 28.2 Å². The number of aromatic nitrogens is 1. The zero-order valence-electron chi connectivity index (χ0n) is 16.2. The van der Waals surface area contributed by atoms with Crippen LogP contribution in [0.15, 0.2) is 72.4 Å². The zero-order chi connectivity index (χ0) is 21.5. The first-order valence-corrected chi connectivity index (χ1v) is 9.19. The molecule has 1 heterocycles. The lowest BCUT2D eigenvalue weighted by Gasteiger charge is -2.09. The van der Waals surface area contributed by atoms with Gasteiger partial charge in [-0.3, -0.25) is 4.79 Å². The quantitative estimate of drug-likeness (QED) is 0.458. The molecule has 3 aromatic rings. The van der Waals surface area contributed by atoms with Crippen molar-refractivity contribution in [2.24, 2.45) is 0 Å². The molecule has 0 unspecified atom stereocenters. The van der Waals surface area contributed by atoms with E-state index in [2.05, 4.69) is 5.32 Å². The highest BCUT2D eigenvalue weighted by Gasteiger charge is 2.12. The van der Waals surface area contributed by atoms with Gasteiger partial charge in [0.05, 0.1) is 12.2 Å². The van der Waals surface area contributed by atoms with Gasteiger partial charge in [-0.05, 0) is 55.5 Å². The van der Waals surface area contributed by atoms with Crippen molar-refractivity contribution in [3.05, 3.63) is 83.7 Å². The molecule has 7 heteroatoms. The Morgan fingerprint density at radius 2 is 1.97 bits per heavy atom. The van der Waals surface area contributed by atoms with E-state index in [1.54, 1.807) is 59.3 Å². The lowest BCUT2D eigenvalue weighted by Crippen LogP contribution is -2.13. The summed E-state index contributed by atoms with van der Waals surface area (Å²) in [4.78, 5) is 23.8. The minimum atomic E-state index is -1.03. The van der Waals surface area contributed by atoms with E-state index < -0.39 is 11.9 Å². The molecule has 0 aliphatic carbocycles. The summed E-state index contributed by atoms with van der Waals surface area (Å²) in [5.74, 6) is -0.976. The number of hydrogen-bond donors (Lipinski definition) is 2. The van der Waals surface area contributed by atoms with Crippen molar-refractivity contribution in [3.63, 3.8) is 0 Å². The van der Waals surface area contributed by atoms with Gasteiger partial charge in [0.15, 0.2) is 0 Å². The molecule has 2 aromatic carbocycles. The van der Waals surface area contributed by atoms with Gasteiger partial charge in [-0.15, -0.1) is 0 Å². The maximum Gasteiger partial charge on any atom is 0.335 e. The molecule has 0 saturated heterocycles. The molecule has 0 radical (unpaired) electrons. The van der Waals surface area contributed by atoms with E-state index in [-0.39, 0.29) is 11.1 Å². The van der Waals surface area contributed by atoms with Gasteiger partial charge in [-0.1, -0.05) is 12.1 Å². The van der Waals surface area contributed by atoms with E-state index in [1.165, 1.54) is 18.2 Å². The van der Waals surface area contributed by atoms with Crippen LogP contribution in [0.4, 0.5) is 5.69 Å². The van der Waals surface area contributed by atoms with Gasteiger partial charge in [-0.25, -0.2) is 4.79 Å². The van der Waals surface area contributed by atoms with Crippen LogP contribution in [0, 0.1) is 11.3 Å². The molecule has 0 atom stereocenters. The Balaban J connectivity index is 1.87. The van der Waals surface area contributed by atoms with E-state index in [4.69, 9.17) is 4.74 Å². The summed E-state index contributed by atoms with van der Waals surface area (Å²) in [6.07, 6.45) is 3.18. The molecule has 0 aliphatic heterocycles. The average Bonchev–Trinajstić information content (AvgIpc) is 3.20. The molecule has 0 bridgehead atoms. The number of carboxylic acid groups (broad SMARTS) is 1. The van der Waals surface area contributed by atoms with Crippen molar-refractivity contribution in [2.75, 3.05) is 11.9 Å². The maximum absolute atomic E-state index is 12.6. The molecule has 0 aliphatic rings. The Bertz CT molecular complexity index is 1160. The number of hydrogen-bond acceptors (Lipinski definition) is 4. The standard InChI is InChI=1S/C23H19N3O4/c1-2-30-21-10-4-7-18(14-21)25-22(27)17(15-24)13-20-9-5-11-26(20)19-8-3-6-16(12-19)23(28)29/h3-14H,2H2,1H3,(H,25,27)(H,28,29). The highest BCUT2D eigenvalue weighted by atomic mass is 16.5. The third-order valence-corrected chi connectivity index (χ3v) is 4.21. The molecule has 0 saturated carbocycles. The number of anilines is 1. The van der Waals surface area contributed by atoms with Crippen molar-refractivity contribution < 1.29 is 19.4 Å². The largest absolute Gasteiger partial charge is 0.494 e. The fourth-order valence-corrected chi connectivity index (χ4v) is 2.86. The lowest BCUT2D eigenvalue weighted by molar-refractivity contribution is -0.112. The topological polar surface area (TPSA) is 104 Å². The molecule has 150 valence electrons. The van der Waals surface area contributed by atoms with Crippen molar-refractivity contribution >= 4 is 23.6 Å². The molecule has 0 fully saturated rings. The van der Waals surface area contributed by atoms with Gasteiger partial charge in [0.25, 0.3) is 5.91 Å².